The topological polar surface area (TPSA) is 36.9 Å². The van der Waals surface area contributed by atoms with Crippen molar-refractivity contribution in [3.8, 4) is 11.5 Å². The summed E-state index contributed by atoms with van der Waals surface area (Å²) in [6.45, 7) is 10.2. The SMILES string of the molecule is COc1cc(OC(C)c2ccccc2)ccc1B1OC(C)(C)C(C)(C)O1. The van der Waals surface area contributed by atoms with Gasteiger partial charge in [0.2, 0.25) is 0 Å². The van der Waals surface area contributed by atoms with Gasteiger partial charge in [-0.3, -0.25) is 0 Å². The summed E-state index contributed by atoms with van der Waals surface area (Å²) in [7, 11) is 1.18. The van der Waals surface area contributed by atoms with Gasteiger partial charge in [0.15, 0.2) is 0 Å². The summed E-state index contributed by atoms with van der Waals surface area (Å²) in [5.41, 5.74) is 1.21. The van der Waals surface area contributed by atoms with E-state index in [1.807, 2.05) is 71.0 Å². The lowest BCUT2D eigenvalue weighted by atomic mass is 9.78. The number of hydrogen-bond acceptors (Lipinski definition) is 4. The van der Waals surface area contributed by atoms with Crippen molar-refractivity contribution in [1.82, 2.24) is 0 Å². The van der Waals surface area contributed by atoms with Crippen molar-refractivity contribution in [2.75, 3.05) is 7.11 Å². The predicted molar refractivity (Wildman–Crippen MR) is 104 cm³/mol. The summed E-state index contributed by atoms with van der Waals surface area (Å²) in [6.07, 6.45) is -0.0522. The Balaban J connectivity index is 1.81. The average molecular weight is 354 g/mol. The van der Waals surface area contributed by atoms with Gasteiger partial charge in [-0.2, -0.15) is 0 Å². The van der Waals surface area contributed by atoms with E-state index in [9.17, 15) is 0 Å². The van der Waals surface area contributed by atoms with Gasteiger partial charge in [-0.25, -0.2) is 0 Å². The van der Waals surface area contributed by atoms with E-state index in [0.717, 1.165) is 16.8 Å². The fraction of sp³-hybridized carbons (Fsp3) is 0.429. The van der Waals surface area contributed by atoms with Crippen LogP contribution in [0.15, 0.2) is 48.5 Å². The van der Waals surface area contributed by atoms with Crippen molar-refractivity contribution in [1.29, 1.82) is 0 Å². The fourth-order valence-electron chi connectivity index (χ4n) is 2.93. The zero-order valence-corrected chi connectivity index (χ0v) is 16.4. The second-order valence-corrected chi connectivity index (χ2v) is 7.66. The van der Waals surface area contributed by atoms with Gasteiger partial charge in [0.05, 0.1) is 18.3 Å². The first-order valence-electron chi connectivity index (χ1n) is 8.99. The van der Waals surface area contributed by atoms with Crippen LogP contribution >= 0.6 is 0 Å². The Bertz CT molecular complexity index is 742. The first-order valence-corrected chi connectivity index (χ1v) is 8.99. The zero-order chi connectivity index (χ0) is 18.9. The molecule has 0 N–H and O–H groups in total. The van der Waals surface area contributed by atoms with Gasteiger partial charge in [-0.15, -0.1) is 0 Å². The highest BCUT2D eigenvalue weighted by Crippen LogP contribution is 2.37. The highest BCUT2D eigenvalue weighted by Gasteiger charge is 2.52. The van der Waals surface area contributed by atoms with E-state index < -0.39 is 7.12 Å². The van der Waals surface area contributed by atoms with Gasteiger partial charge in [0.25, 0.3) is 0 Å². The van der Waals surface area contributed by atoms with Gasteiger partial charge < -0.3 is 18.8 Å². The van der Waals surface area contributed by atoms with Gasteiger partial charge in [-0.05, 0) is 46.2 Å². The molecular formula is C21H27BO4. The molecule has 0 spiro atoms. The molecule has 26 heavy (non-hydrogen) atoms. The van der Waals surface area contributed by atoms with E-state index in [2.05, 4.69) is 12.1 Å². The van der Waals surface area contributed by atoms with Crippen molar-refractivity contribution >= 4 is 12.6 Å². The molecule has 0 aliphatic carbocycles. The van der Waals surface area contributed by atoms with E-state index in [1.54, 1.807) is 7.11 Å². The number of benzene rings is 2. The molecule has 1 atom stereocenters. The molecule has 1 unspecified atom stereocenters. The maximum Gasteiger partial charge on any atom is 0.498 e. The highest BCUT2D eigenvalue weighted by atomic mass is 16.7. The molecule has 2 aromatic carbocycles. The highest BCUT2D eigenvalue weighted by molar-refractivity contribution is 6.63. The van der Waals surface area contributed by atoms with E-state index in [1.165, 1.54) is 0 Å². The van der Waals surface area contributed by atoms with E-state index >= 15 is 0 Å². The summed E-state index contributed by atoms with van der Waals surface area (Å²) in [5, 5.41) is 0. The maximum absolute atomic E-state index is 6.14. The molecule has 0 bridgehead atoms. The quantitative estimate of drug-likeness (QED) is 0.757. The Morgan fingerprint density at radius 3 is 2.12 bits per heavy atom. The predicted octanol–water partition coefficient (Wildman–Crippen LogP) is 4.13. The molecular weight excluding hydrogens is 327 g/mol. The molecule has 1 fully saturated rings. The van der Waals surface area contributed by atoms with Crippen LogP contribution in [0.2, 0.25) is 0 Å². The third-order valence-corrected chi connectivity index (χ3v) is 5.29. The Kier molecular flexibility index (Phi) is 5.04. The van der Waals surface area contributed by atoms with Crippen molar-refractivity contribution in [2.24, 2.45) is 0 Å². The Labute approximate surface area is 156 Å². The number of hydrogen-bond donors (Lipinski definition) is 0. The lowest BCUT2D eigenvalue weighted by Gasteiger charge is -2.32. The molecule has 5 heteroatoms. The summed E-state index contributed by atoms with van der Waals surface area (Å²) >= 11 is 0. The molecule has 1 heterocycles. The van der Waals surface area contributed by atoms with Crippen LogP contribution in [0.5, 0.6) is 11.5 Å². The monoisotopic (exact) mass is 354 g/mol. The molecule has 1 aliphatic rings. The lowest BCUT2D eigenvalue weighted by Crippen LogP contribution is -2.41. The van der Waals surface area contributed by atoms with Crippen LogP contribution in [-0.4, -0.2) is 25.4 Å². The molecule has 1 saturated heterocycles. The van der Waals surface area contributed by atoms with Crippen molar-refractivity contribution < 1.29 is 18.8 Å². The summed E-state index contributed by atoms with van der Waals surface area (Å²) in [6, 6.07) is 15.9. The van der Waals surface area contributed by atoms with Crippen molar-refractivity contribution in [2.45, 2.75) is 51.9 Å². The number of methoxy groups -OCH3 is 1. The molecule has 0 radical (unpaired) electrons. The van der Waals surface area contributed by atoms with Crippen LogP contribution in [0, 0.1) is 0 Å². The van der Waals surface area contributed by atoms with Crippen LogP contribution in [0.4, 0.5) is 0 Å². The molecule has 0 amide bonds. The molecule has 4 nitrogen and oxygen atoms in total. The minimum absolute atomic E-state index is 0.0522. The molecule has 0 aromatic heterocycles. The third kappa shape index (κ3) is 3.60. The van der Waals surface area contributed by atoms with E-state index in [0.29, 0.717) is 5.75 Å². The number of rotatable bonds is 5. The molecule has 138 valence electrons. The largest absolute Gasteiger partial charge is 0.498 e. The molecule has 2 aromatic rings. The Morgan fingerprint density at radius 1 is 0.923 bits per heavy atom. The van der Waals surface area contributed by atoms with Crippen molar-refractivity contribution in [3.63, 3.8) is 0 Å². The smallest absolute Gasteiger partial charge is 0.497 e. The fourth-order valence-corrected chi connectivity index (χ4v) is 2.93. The summed E-state index contributed by atoms with van der Waals surface area (Å²) < 4.78 is 23.9. The second-order valence-electron chi connectivity index (χ2n) is 7.66. The van der Waals surface area contributed by atoms with Crippen molar-refractivity contribution in [3.05, 3.63) is 54.1 Å². The van der Waals surface area contributed by atoms with Gasteiger partial charge in [0, 0.05) is 11.5 Å². The van der Waals surface area contributed by atoms with Crippen LogP contribution in [0.25, 0.3) is 0 Å². The van der Waals surface area contributed by atoms with E-state index in [4.69, 9.17) is 18.8 Å². The van der Waals surface area contributed by atoms with Crippen LogP contribution in [-0.2, 0) is 9.31 Å². The normalized spacial score (nSPS) is 19.2. The molecule has 3 rings (SSSR count). The maximum atomic E-state index is 6.14. The van der Waals surface area contributed by atoms with Crippen LogP contribution < -0.4 is 14.9 Å². The van der Waals surface area contributed by atoms with Crippen LogP contribution in [0.3, 0.4) is 0 Å². The summed E-state index contributed by atoms with van der Waals surface area (Å²) in [4.78, 5) is 0. The average Bonchev–Trinajstić information content (AvgIpc) is 2.83. The van der Waals surface area contributed by atoms with Gasteiger partial charge in [0.1, 0.15) is 17.6 Å². The molecule has 1 aliphatic heterocycles. The Morgan fingerprint density at radius 2 is 1.54 bits per heavy atom. The van der Waals surface area contributed by atoms with Gasteiger partial charge >= 0.3 is 7.12 Å². The molecule has 0 saturated carbocycles. The van der Waals surface area contributed by atoms with Gasteiger partial charge in [-0.1, -0.05) is 36.4 Å². The van der Waals surface area contributed by atoms with E-state index in [-0.39, 0.29) is 17.3 Å². The first kappa shape index (κ1) is 18.8. The summed E-state index contributed by atoms with van der Waals surface area (Å²) in [5.74, 6) is 1.44. The second kappa shape index (κ2) is 6.97. The minimum atomic E-state index is -0.462. The number of ether oxygens (including phenoxy) is 2. The zero-order valence-electron chi connectivity index (χ0n) is 16.4. The van der Waals surface area contributed by atoms with Crippen LogP contribution in [0.1, 0.15) is 46.3 Å². The Hall–Kier alpha value is -1.98. The standard InChI is InChI=1S/C21H27BO4/c1-15(16-10-8-7-9-11-16)24-17-12-13-18(19(14-17)23-6)22-25-20(2,3)21(4,5)26-22/h7-15H,1-6H3. The third-order valence-electron chi connectivity index (χ3n) is 5.29. The minimum Gasteiger partial charge on any atom is -0.497 e. The lowest BCUT2D eigenvalue weighted by molar-refractivity contribution is 0.00578. The first-order chi connectivity index (χ1) is 12.2.